The Balaban J connectivity index is 1.67. The van der Waals surface area contributed by atoms with Crippen LogP contribution in [-0.2, 0) is 4.79 Å². The second-order valence-electron chi connectivity index (χ2n) is 4.77. The second kappa shape index (κ2) is 6.57. The first-order valence-corrected chi connectivity index (χ1v) is 7.74. The molecule has 0 saturated heterocycles. The number of benzene rings is 1. The highest BCUT2D eigenvalue weighted by molar-refractivity contribution is 7.13. The van der Waals surface area contributed by atoms with Crippen LogP contribution in [0.25, 0.3) is 11.5 Å². The van der Waals surface area contributed by atoms with Gasteiger partial charge < -0.3 is 9.26 Å². The van der Waals surface area contributed by atoms with Crippen LogP contribution in [0.5, 0.6) is 5.75 Å². The van der Waals surface area contributed by atoms with Crippen LogP contribution in [0.1, 0.15) is 11.5 Å². The molecule has 0 unspecified atom stereocenters. The third-order valence-corrected chi connectivity index (χ3v) is 3.74. The van der Waals surface area contributed by atoms with Gasteiger partial charge in [0, 0.05) is 5.38 Å². The zero-order chi connectivity index (χ0) is 16.2. The topological polar surface area (TPSA) is 90.1 Å². The number of anilines is 1. The molecule has 1 amide bonds. The molecule has 3 rings (SSSR count). The molecule has 0 aliphatic carbocycles. The van der Waals surface area contributed by atoms with Crippen LogP contribution in [0.3, 0.4) is 0 Å². The first-order chi connectivity index (χ1) is 11.1. The van der Waals surface area contributed by atoms with Gasteiger partial charge in [-0.15, -0.1) is 11.3 Å². The minimum atomic E-state index is -0.282. The summed E-state index contributed by atoms with van der Waals surface area (Å²) in [6.45, 7) is 3.47. The maximum atomic E-state index is 11.9. The zero-order valence-electron chi connectivity index (χ0n) is 12.6. The number of hydrogen-bond donors (Lipinski definition) is 1. The molecule has 0 aliphatic heterocycles. The van der Waals surface area contributed by atoms with Crippen LogP contribution in [0.4, 0.5) is 5.13 Å². The predicted octanol–water partition coefficient (Wildman–Crippen LogP) is 2.83. The summed E-state index contributed by atoms with van der Waals surface area (Å²) in [5, 5.41) is 8.87. The number of carbonyl (C=O) groups is 1. The zero-order valence-corrected chi connectivity index (χ0v) is 13.4. The number of ether oxygens (including phenoxy) is 1. The molecule has 0 saturated carbocycles. The Morgan fingerprint density at radius 1 is 1.30 bits per heavy atom. The molecule has 1 aromatic carbocycles. The highest BCUT2D eigenvalue weighted by atomic mass is 32.1. The highest BCUT2D eigenvalue weighted by Crippen LogP contribution is 2.28. The summed E-state index contributed by atoms with van der Waals surface area (Å²) < 4.78 is 10.7. The van der Waals surface area contributed by atoms with Crippen molar-refractivity contribution in [2.24, 2.45) is 0 Å². The van der Waals surface area contributed by atoms with E-state index in [4.69, 9.17) is 9.26 Å². The lowest BCUT2D eigenvalue weighted by Crippen LogP contribution is -2.20. The molecule has 23 heavy (non-hydrogen) atoms. The van der Waals surface area contributed by atoms with E-state index in [1.165, 1.54) is 11.3 Å². The summed E-state index contributed by atoms with van der Waals surface area (Å²) in [6, 6.07) is 7.18. The molecule has 0 aliphatic rings. The Morgan fingerprint density at radius 3 is 2.83 bits per heavy atom. The minimum absolute atomic E-state index is 0.136. The third kappa shape index (κ3) is 3.72. The van der Waals surface area contributed by atoms with Gasteiger partial charge in [0.2, 0.25) is 0 Å². The van der Waals surface area contributed by atoms with Crippen LogP contribution in [0, 0.1) is 13.8 Å². The van der Waals surface area contributed by atoms with Crippen molar-refractivity contribution in [3.8, 4) is 17.2 Å². The molecule has 3 aromatic rings. The molecule has 1 N–H and O–H groups in total. The maximum Gasteiger partial charge on any atom is 0.264 e. The van der Waals surface area contributed by atoms with Crippen molar-refractivity contribution in [1.82, 2.24) is 15.1 Å². The summed E-state index contributed by atoms with van der Waals surface area (Å²) in [4.78, 5) is 20.3. The molecule has 2 aromatic heterocycles. The highest BCUT2D eigenvalue weighted by Gasteiger charge is 2.14. The number of amides is 1. The summed E-state index contributed by atoms with van der Waals surface area (Å²) in [7, 11) is 0. The summed E-state index contributed by atoms with van der Waals surface area (Å²) >= 11 is 1.37. The van der Waals surface area contributed by atoms with Crippen LogP contribution >= 0.6 is 11.3 Å². The monoisotopic (exact) mass is 330 g/mol. The molecule has 0 bridgehead atoms. The second-order valence-corrected chi connectivity index (χ2v) is 5.63. The number of hydrogen-bond acceptors (Lipinski definition) is 7. The van der Waals surface area contributed by atoms with Crippen molar-refractivity contribution < 1.29 is 14.1 Å². The molecule has 0 radical (unpaired) electrons. The molecular weight excluding hydrogens is 316 g/mol. The Morgan fingerprint density at radius 2 is 2.13 bits per heavy atom. The lowest BCUT2D eigenvalue weighted by Gasteiger charge is -2.08. The van der Waals surface area contributed by atoms with Gasteiger partial charge in [0.15, 0.2) is 17.6 Å². The van der Waals surface area contributed by atoms with Crippen molar-refractivity contribution in [2.45, 2.75) is 13.8 Å². The standard InChI is InChI=1S/C15H14N4O3S/c1-9-8-23-15(16-9)18-13(20)7-21-12-6-4-3-5-11(12)14-17-10(2)19-22-14/h3-6,8H,7H2,1-2H3,(H,16,18,20). The van der Waals surface area contributed by atoms with E-state index in [-0.39, 0.29) is 12.5 Å². The Kier molecular flexibility index (Phi) is 4.33. The van der Waals surface area contributed by atoms with Crippen LogP contribution in [0.15, 0.2) is 34.2 Å². The van der Waals surface area contributed by atoms with E-state index < -0.39 is 0 Å². The largest absolute Gasteiger partial charge is 0.483 e. The molecule has 118 valence electrons. The van der Waals surface area contributed by atoms with Gasteiger partial charge in [-0.1, -0.05) is 17.3 Å². The fourth-order valence-electron chi connectivity index (χ4n) is 1.89. The van der Waals surface area contributed by atoms with Crippen LogP contribution in [-0.4, -0.2) is 27.6 Å². The van der Waals surface area contributed by atoms with Crippen molar-refractivity contribution in [3.63, 3.8) is 0 Å². The van der Waals surface area contributed by atoms with Gasteiger partial charge >= 0.3 is 0 Å². The number of aromatic nitrogens is 3. The molecule has 0 atom stereocenters. The number of rotatable bonds is 5. The average Bonchev–Trinajstić information content (AvgIpc) is 3.14. The van der Waals surface area contributed by atoms with E-state index in [2.05, 4.69) is 20.4 Å². The average molecular weight is 330 g/mol. The third-order valence-electron chi connectivity index (χ3n) is 2.87. The van der Waals surface area contributed by atoms with Crippen molar-refractivity contribution in [2.75, 3.05) is 11.9 Å². The number of carbonyl (C=O) groups excluding carboxylic acids is 1. The molecule has 2 heterocycles. The number of nitrogens with one attached hydrogen (secondary N) is 1. The smallest absolute Gasteiger partial charge is 0.264 e. The van der Waals surface area contributed by atoms with Gasteiger partial charge in [-0.05, 0) is 26.0 Å². The van der Waals surface area contributed by atoms with Gasteiger partial charge in [-0.3, -0.25) is 10.1 Å². The van der Waals surface area contributed by atoms with Gasteiger partial charge in [0.1, 0.15) is 5.75 Å². The maximum absolute atomic E-state index is 11.9. The van der Waals surface area contributed by atoms with Crippen molar-refractivity contribution in [1.29, 1.82) is 0 Å². The van der Waals surface area contributed by atoms with E-state index in [0.29, 0.717) is 28.2 Å². The van der Waals surface area contributed by atoms with E-state index in [1.54, 1.807) is 19.1 Å². The molecule has 0 spiro atoms. The fourth-order valence-corrected chi connectivity index (χ4v) is 2.59. The predicted molar refractivity (Wildman–Crippen MR) is 85.4 cm³/mol. The molecule has 7 nitrogen and oxygen atoms in total. The quantitative estimate of drug-likeness (QED) is 0.773. The Hall–Kier alpha value is -2.74. The van der Waals surface area contributed by atoms with Crippen molar-refractivity contribution >= 4 is 22.4 Å². The van der Waals surface area contributed by atoms with Gasteiger partial charge in [0.25, 0.3) is 11.8 Å². The number of nitrogens with zero attached hydrogens (tertiary/aromatic N) is 3. The lowest BCUT2D eigenvalue weighted by molar-refractivity contribution is -0.118. The fraction of sp³-hybridized carbons (Fsp3) is 0.200. The van der Waals surface area contributed by atoms with E-state index in [1.807, 2.05) is 24.4 Å². The number of para-hydroxylation sites is 1. The Bertz CT molecular complexity index is 828. The molecule has 8 heteroatoms. The number of thiazole rings is 1. The summed E-state index contributed by atoms with van der Waals surface area (Å²) in [5.41, 5.74) is 1.51. The first kappa shape index (κ1) is 15.2. The molecular formula is C15H14N4O3S. The SMILES string of the molecule is Cc1csc(NC(=O)COc2ccccc2-c2nc(C)no2)n1. The van der Waals surface area contributed by atoms with Gasteiger partial charge in [-0.25, -0.2) is 4.98 Å². The van der Waals surface area contributed by atoms with E-state index in [9.17, 15) is 4.79 Å². The minimum Gasteiger partial charge on any atom is -0.483 e. The van der Waals surface area contributed by atoms with Gasteiger partial charge in [-0.2, -0.15) is 4.98 Å². The van der Waals surface area contributed by atoms with E-state index >= 15 is 0 Å². The van der Waals surface area contributed by atoms with Crippen molar-refractivity contribution in [3.05, 3.63) is 41.2 Å². The van der Waals surface area contributed by atoms with Crippen LogP contribution in [0.2, 0.25) is 0 Å². The van der Waals surface area contributed by atoms with Gasteiger partial charge in [0.05, 0.1) is 11.3 Å². The summed E-state index contributed by atoms with van der Waals surface area (Å²) in [6.07, 6.45) is 0. The van der Waals surface area contributed by atoms with E-state index in [0.717, 1.165) is 5.69 Å². The van der Waals surface area contributed by atoms with Crippen LogP contribution < -0.4 is 10.1 Å². The lowest BCUT2D eigenvalue weighted by atomic mass is 10.2. The number of aryl methyl sites for hydroxylation is 2. The normalized spacial score (nSPS) is 10.5. The summed E-state index contributed by atoms with van der Waals surface area (Å²) in [5.74, 6) is 1.11. The Labute approximate surface area is 136 Å². The first-order valence-electron chi connectivity index (χ1n) is 6.86. The molecule has 0 fully saturated rings.